The van der Waals surface area contributed by atoms with Gasteiger partial charge in [0.15, 0.2) is 0 Å². The summed E-state index contributed by atoms with van der Waals surface area (Å²) in [6.45, 7) is 7.52. The molecule has 4 nitrogen and oxygen atoms in total. The third-order valence-corrected chi connectivity index (χ3v) is 3.50. The summed E-state index contributed by atoms with van der Waals surface area (Å²) in [7, 11) is 3.24. The zero-order chi connectivity index (χ0) is 13.9. The lowest BCUT2D eigenvalue weighted by Crippen LogP contribution is -2.41. The van der Waals surface area contributed by atoms with Crippen molar-refractivity contribution in [1.82, 2.24) is 4.98 Å². The van der Waals surface area contributed by atoms with Gasteiger partial charge in [-0.25, -0.2) is 0 Å². The first-order valence-corrected chi connectivity index (χ1v) is 6.07. The summed E-state index contributed by atoms with van der Waals surface area (Å²) in [5.74, 6) is 0.834. The van der Waals surface area contributed by atoms with Crippen LogP contribution < -0.4 is 4.74 Å². The fourth-order valence-electron chi connectivity index (χ4n) is 1.99. The zero-order valence-electron chi connectivity index (χ0n) is 12.1. The van der Waals surface area contributed by atoms with Crippen molar-refractivity contribution in [3.8, 4) is 5.75 Å². The number of pyridine rings is 1. The lowest BCUT2D eigenvalue weighted by Gasteiger charge is -2.29. The van der Waals surface area contributed by atoms with Crippen molar-refractivity contribution in [2.24, 2.45) is 0 Å². The minimum absolute atomic E-state index is 0.258. The fraction of sp³-hybridized carbons (Fsp3) is 0.643. The van der Waals surface area contributed by atoms with Gasteiger partial charge < -0.3 is 14.6 Å². The summed E-state index contributed by atoms with van der Waals surface area (Å²) in [5.41, 5.74) is 1.86. The molecule has 0 amide bonds. The van der Waals surface area contributed by atoms with Crippen molar-refractivity contribution in [3.05, 3.63) is 23.0 Å². The van der Waals surface area contributed by atoms with Gasteiger partial charge in [-0.3, -0.25) is 4.98 Å². The highest BCUT2D eigenvalue weighted by Gasteiger charge is 2.30. The fourth-order valence-corrected chi connectivity index (χ4v) is 1.99. The number of nitrogens with zero attached hydrogens (tertiary/aromatic N) is 1. The number of hydrogen-bond acceptors (Lipinski definition) is 4. The summed E-state index contributed by atoms with van der Waals surface area (Å²) >= 11 is 0. The van der Waals surface area contributed by atoms with Crippen molar-refractivity contribution in [2.75, 3.05) is 14.2 Å². The SMILES string of the molecule is COc1c(C)cnc(CC(C)(O)C(C)OC)c1C. The Morgan fingerprint density at radius 1 is 1.39 bits per heavy atom. The molecule has 2 atom stereocenters. The number of aliphatic hydroxyl groups is 1. The molecule has 2 unspecified atom stereocenters. The lowest BCUT2D eigenvalue weighted by molar-refractivity contribution is -0.0721. The van der Waals surface area contributed by atoms with Gasteiger partial charge in [0.05, 0.1) is 18.8 Å². The number of methoxy groups -OCH3 is 2. The van der Waals surface area contributed by atoms with E-state index >= 15 is 0 Å². The van der Waals surface area contributed by atoms with E-state index in [1.54, 1.807) is 27.3 Å². The van der Waals surface area contributed by atoms with E-state index in [1.165, 1.54) is 0 Å². The minimum atomic E-state index is -0.952. The predicted molar refractivity (Wildman–Crippen MR) is 71.1 cm³/mol. The van der Waals surface area contributed by atoms with Crippen LogP contribution in [0.5, 0.6) is 5.75 Å². The molecule has 1 aromatic rings. The smallest absolute Gasteiger partial charge is 0.128 e. The first-order valence-electron chi connectivity index (χ1n) is 6.07. The van der Waals surface area contributed by atoms with Gasteiger partial charge in [0.2, 0.25) is 0 Å². The molecule has 0 saturated heterocycles. The van der Waals surface area contributed by atoms with Gasteiger partial charge in [0.1, 0.15) is 5.75 Å². The Kier molecular flexibility index (Phi) is 4.71. The van der Waals surface area contributed by atoms with Crippen LogP contribution >= 0.6 is 0 Å². The van der Waals surface area contributed by atoms with Crippen molar-refractivity contribution >= 4 is 0 Å². The number of aromatic nitrogens is 1. The van der Waals surface area contributed by atoms with Crippen LogP contribution in [-0.2, 0) is 11.2 Å². The number of rotatable bonds is 5. The van der Waals surface area contributed by atoms with Crippen LogP contribution in [0.25, 0.3) is 0 Å². The second kappa shape index (κ2) is 5.67. The molecule has 0 aliphatic carbocycles. The Labute approximate surface area is 109 Å². The first-order chi connectivity index (χ1) is 8.33. The molecular formula is C14H23NO3. The second-order valence-electron chi connectivity index (χ2n) is 4.96. The third-order valence-electron chi connectivity index (χ3n) is 3.50. The Bertz CT molecular complexity index is 416. The number of aryl methyl sites for hydroxylation is 1. The number of ether oxygens (including phenoxy) is 2. The molecule has 0 fully saturated rings. The van der Waals surface area contributed by atoms with E-state index in [9.17, 15) is 5.11 Å². The van der Waals surface area contributed by atoms with Crippen LogP contribution in [0, 0.1) is 13.8 Å². The minimum Gasteiger partial charge on any atom is -0.496 e. The molecule has 18 heavy (non-hydrogen) atoms. The van der Waals surface area contributed by atoms with E-state index < -0.39 is 5.60 Å². The Morgan fingerprint density at radius 2 is 2.00 bits per heavy atom. The largest absolute Gasteiger partial charge is 0.496 e. The van der Waals surface area contributed by atoms with Crippen LogP contribution in [0.4, 0.5) is 0 Å². The van der Waals surface area contributed by atoms with Gasteiger partial charge >= 0.3 is 0 Å². The first kappa shape index (κ1) is 14.9. The molecule has 0 aliphatic rings. The molecule has 4 heteroatoms. The van der Waals surface area contributed by atoms with Gasteiger partial charge in [-0.15, -0.1) is 0 Å². The Hall–Kier alpha value is -1.13. The van der Waals surface area contributed by atoms with Crippen molar-refractivity contribution in [1.29, 1.82) is 0 Å². The van der Waals surface area contributed by atoms with Gasteiger partial charge in [0.25, 0.3) is 0 Å². The molecule has 0 saturated carbocycles. The van der Waals surface area contributed by atoms with E-state index in [0.717, 1.165) is 22.6 Å². The third kappa shape index (κ3) is 3.00. The van der Waals surface area contributed by atoms with Gasteiger partial charge in [-0.1, -0.05) is 0 Å². The molecular weight excluding hydrogens is 230 g/mol. The van der Waals surface area contributed by atoms with Crippen LogP contribution in [0.1, 0.15) is 30.7 Å². The second-order valence-corrected chi connectivity index (χ2v) is 4.96. The monoisotopic (exact) mass is 253 g/mol. The maximum atomic E-state index is 10.4. The highest BCUT2D eigenvalue weighted by Crippen LogP contribution is 2.27. The zero-order valence-corrected chi connectivity index (χ0v) is 12.1. The Morgan fingerprint density at radius 3 is 2.50 bits per heavy atom. The van der Waals surface area contributed by atoms with Gasteiger partial charge in [-0.05, 0) is 27.7 Å². The molecule has 1 heterocycles. The maximum absolute atomic E-state index is 10.4. The molecule has 0 spiro atoms. The molecule has 0 bridgehead atoms. The molecule has 102 valence electrons. The van der Waals surface area contributed by atoms with Crippen LogP contribution in [-0.4, -0.2) is 36.0 Å². The van der Waals surface area contributed by atoms with E-state index in [2.05, 4.69) is 4.98 Å². The van der Waals surface area contributed by atoms with E-state index in [0.29, 0.717) is 6.42 Å². The van der Waals surface area contributed by atoms with Crippen LogP contribution in [0.3, 0.4) is 0 Å². The van der Waals surface area contributed by atoms with Crippen LogP contribution in [0.2, 0.25) is 0 Å². The molecule has 0 aliphatic heterocycles. The normalized spacial score (nSPS) is 16.2. The quantitative estimate of drug-likeness (QED) is 0.872. The van der Waals surface area contributed by atoms with Gasteiger partial charge in [-0.2, -0.15) is 0 Å². The van der Waals surface area contributed by atoms with Crippen LogP contribution in [0.15, 0.2) is 6.20 Å². The molecule has 1 N–H and O–H groups in total. The highest BCUT2D eigenvalue weighted by atomic mass is 16.5. The molecule has 0 radical (unpaired) electrons. The number of hydrogen-bond donors (Lipinski definition) is 1. The lowest BCUT2D eigenvalue weighted by atomic mass is 9.92. The average molecular weight is 253 g/mol. The predicted octanol–water partition coefficient (Wildman–Crippen LogP) is 2.04. The summed E-state index contributed by atoms with van der Waals surface area (Å²) < 4.78 is 10.6. The van der Waals surface area contributed by atoms with Crippen molar-refractivity contribution in [2.45, 2.75) is 45.8 Å². The molecule has 1 aromatic heterocycles. The summed E-state index contributed by atoms with van der Waals surface area (Å²) in [6, 6.07) is 0. The van der Waals surface area contributed by atoms with Gasteiger partial charge in [0, 0.05) is 36.5 Å². The standard InChI is InChI=1S/C14H23NO3/c1-9-8-15-12(10(2)13(9)18-6)7-14(4,16)11(3)17-5/h8,11,16H,7H2,1-6H3. The van der Waals surface area contributed by atoms with E-state index in [-0.39, 0.29) is 6.10 Å². The highest BCUT2D eigenvalue weighted by molar-refractivity contribution is 5.41. The van der Waals surface area contributed by atoms with Crippen molar-refractivity contribution in [3.63, 3.8) is 0 Å². The topological polar surface area (TPSA) is 51.6 Å². The summed E-state index contributed by atoms with van der Waals surface area (Å²) in [6.07, 6.45) is 1.95. The maximum Gasteiger partial charge on any atom is 0.128 e. The molecule has 1 rings (SSSR count). The summed E-state index contributed by atoms with van der Waals surface area (Å²) in [5, 5.41) is 10.4. The van der Waals surface area contributed by atoms with E-state index in [4.69, 9.17) is 9.47 Å². The summed E-state index contributed by atoms with van der Waals surface area (Å²) in [4.78, 5) is 4.39. The van der Waals surface area contributed by atoms with Crippen molar-refractivity contribution < 1.29 is 14.6 Å². The molecule has 0 aromatic carbocycles. The Balaban J connectivity index is 3.05. The average Bonchev–Trinajstić information content (AvgIpc) is 2.32. The van der Waals surface area contributed by atoms with E-state index in [1.807, 2.05) is 20.8 Å².